The van der Waals surface area contributed by atoms with Crippen LogP contribution in [0.5, 0.6) is 0 Å². The summed E-state index contributed by atoms with van der Waals surface area (Å²) in [5.41, 5.74) is 0.00805. The van der Waals surface area contributed by atoms with Gasteiger partial charge in [-0.25, -0.2) is 4.79 Å². The number of esters is 1. The van der Waals surface area contributed by atoms with Crippen molar-refractivity contribution in [3.8, 4) is 0 Å². The van der Waals surface area contributed by atoms with Crippen LogP contribution in [-0.2, 0) is 33.4 Å². The summed E-state index contributed by atoms with van der Waals surface area (Å²) < 4.78 is 51.3. The molecular weight excluding hydrogens is 559 g/mol. The topological polar surface area (TPSA) is 80.8 Å². The SMILES string of the molecule is CC(C)[C@]1(C(=O)N2CCc3ncc(C(F)(F)F)cc3C2)CC[C@@H](NC2CCOCC2OC(=O)c2cccc(Cl)c2)C1. The molecule has 1 amide bonds. The first kappa shape index (κ1) is 29.8. The average Bonchev–Trinajstić information content (AvgIpc) is 3.38. The van der Waals surface area contributed by atoms with Gasteiger partial charge in [0.2, 0.25) is 5.91 Å². The zero-order chi connectivity index (χ0) is 29.4. The summed E-state index contributed by atoms with van der Waals surface area (Å²) in [6.07, 6.45) is -0.992. The fraction of sp³-hybridized carbons (Fsp3) is 0.567. The lowest BCUT2D eigenvalue weighted by molar-refractivity contribution is -0.146. The van der Waals surface area contributed by atoms with E-state index in [0.29, 0.717) is 60.7 Å². The van der Waals surface area contributed by atoms with Gasteiger partial charge in [0.15, 0.2) is 0 Å². The first-order chi connectivity index (χ1) is 19.5. The molecule has 41 heavy (non-hydrogen) atoms. The molecule has 11 heteroatoms. The number of hydrogen-bond acceptors (Lipinski definition) is 6. The van der Waals surface area contributed by atoms with Crippen LogP contribution >= 0.6 is 11.6 Å². The quantitative estimate of drug-likeness (QED) is 0.450. The number of halogens is 4. The summed E-state index contributed by atoms with van der Waals surface area (Å²) in [6.45, 7) is 5.42. The minimum atomic E-state index is -4.48. The highest BCUT2D eigenvalue weighted by Gasteiger charge is 2.50. The fourth-order valence-corrected chi connectivity index (χ4v) is 6.59. The highest BCUT2D eigenvalue weighted by Crippen LogP contribution is 2.47. The summed E-state index contributed by atoms with van der Waals surface area (Å²) in [5, 5.41) is 4.10. The third-order valence-electron chi connectivity index (χ3n) is 8.81. The molecular formula is C30H35ClF3N3O4. The molecule has 222 valence electrons. The molecule has 3 heterocycles. The normalized spacial score (nSPS) is 26.6. The maximum atomic E-state index is 14.0. The fourth-order valence-electron chi connectivity index (χ4n) is 6.40. The molecule has 1 aromatic carbocycles. The maximum absolute atomic E-state index is 14.0. The van der Waals surface area contributed by atoms with Gasteiger partial charge in [-0.05, 0) is 61.4 Å². The molecule has 1 saturated heterocycles. The van der Waals surface area contributed by atoms with Gasteiger partial charge in [0.25, 0.3) is 0 Å². The minimum Gasteiger partial charge on any atom is -0.455 e. The number of carbonyl (C=O) groups excluding carboxylic acids is 2. The van der Waals surface area contributed by atoms with Crippen LogP contribution in [0.3, 0.4) is 0 Å². The van der Waals surface area contributed by atoms with Gasteiger partial charge in [0, 0.05) is 55.1 Å². The van der Waals surface area contributed by atoms with Crippen molar-refractivity contribution in [3.63, 3.8) is 0 Å². The van der Waals surface area contributed by atoms with Gasteiger partial charge in [0.05, 0.1) is 23.1 Å². The lowest BCUT2D eigenvalue weighted by Crippen LogP contribution is -2.52. The summed E-state index contributed by atoms with van der Waals surface area (Å²) in [4.78, 5) is 32.6. The van der Waals surface area contributed by atoms with Crippen LogP contribution in [0.1, 0.15) is 66.7 Å². The number of nitrogens with one attached hydrogen (secondary N) is 1. The molecule has 1 N–H and O–H groups in total. The summed E-state index contributed by atoms with van der Waals surface area (Å²) in [5.74, 6) is -0.453. The number of carbonyl (C=O) groups is 2. The van der Waals surface area contributed by atoms with E-state index in [4.69, 9.17) is 21.1 Å². The van der Waals surface area contributed by atoms with Gasteiger partial charge in [-0.1, -0.05) is 31.5 Å². The van der Waals surface area contributed by atoms with Crippen molar-refractivity contribution in [2.75, 3.05) is 19.8 Å². The zero-order valence-corrected chi connectivity index (χ0v) is 23.9. The van der Waals surface area contributed by atoms with E-state index in [-0.39, 0.29) is 37.1 Å². The second kappa shape index (κ2) is 11.9. The van der Waals surface area contributed by atoms with Crippen LogP contribution in [0, 0.1) is 11.3 Å². The molecule has 3 aliphatic rings. The lowest BCUT2D eigenvalue weighted by atomic mass is 9.74. The number of pyridine rings is 1. The first-order valence-electron chi connectivity index (χ1n) is 14.1. The lowest BCUT2D eigenvalue weighted by Gasteiger charge is -2.40. The molecule has 0 bridgehead atoms. The second-order valence-corrected chi connectivity index (χ2v) is 12.1. The van der Waals surface area contributed by atoms with Crippen molar-refractivity contribution < 1.29 is 32.2 Å². The van der Waals surface area contributed by atoms with Crippen LogP contribution in [0.15, 0.2) is 36.5 Å². The summed E-state index contributed by atoms with van der Waals surface area (Å²) >= 11 is 6.03. The molecule has 1 aliphatic carbocycles. The van der Waals surface area contributed by atoms with Gasteiger partial charge in [0.1, 0.15) is 6.10 Å². The number of nitrogens with zero attached hydrogens (tertiary/aromatic N) is 2. The number of rotatable bonds is 6. The van der Waals surface area contributed by atoms with Gasteiger partial charge in [-0.3, -0.25) is 9.78 Å². The standard InChI is InChI=1S/C30H35ClF3N3O4/c1-18(2)29(28(39)37-10-7-24-20(16-37)12-21(15-35-24)30(32,33)34)9-6-23(14-29)36-25-8-11-40-17-26(25)41-27(38)19-4-3-5-22(31)13-19/h3-5,12-13,15,18,23,25-26,36H,6-11,14,16-17H2,1-2H3/t23-,25?,26?,29+/m1/s1. The molecule has 2 fully saturated rings. The van der Waals surface area contributed by atoms with Crippen molar-refractivity contribution in [2.24, 2.45) is 11.3 Å². The van der Waals surface area contributed by atoms with E-state index < -0.39 is 29.2 Å². The number of benzene rings is 1. The third kappa shape index (κ3) is 6.39. The molecule has 1 aromatic heterocycles. The predicted octanol–water partition coefficient (Wildman–Crippen LogP) is 5.44. The predicted molar refractivity (Wildman–Crippen MR) is 146 cm³/mol. The van der Waals surface area contributed by atoms with E-state index in [1.54, 1.807) is 29.2 Å². The number of ether oxygens (including phenoxy) is 2. The van der Waals surface area contributed by atoms with Crippen molar-refractivity contribution in [1.29, 1.82) is 0 Å². The van der Waals surface area contributed by atoms with Crippen LogP contribution in [0.4, 0.5) is 13.2 Å². The maximum Gasteiger partial charge on any atom is 0.417 e. The first-order valence-corrected chi connectivity index (χ1v) is 14.5. The Morgan fingerprint density at radius 2 is 2.05 bits per heavy atom. The van der Waals surface area contributed by atoms with Crippen molar-refractivity contribution in [1.82, 2.24) is 15.2 Å². The van der Waals surface area contributed by atoms with E-state index in [2.05, 4.69) is 10.3 Å². The molecule has 2 aromatic rings. The van der Waals surface area contributed by atoms with Gasteiger partial charge >= 0.3 is 12.1 Å². The van der Waals surface area contributed by atoms with Gasteiger partial charge in [-0.15, -0.1) is 0 Å². The largest absolute Gasteiger partial charge is 0.455 e. The monoisotopic (exact) mass is 593 g/mol. The number of hydrogen-bond donors (Lipinski definition) is 1. The van der Waals surface area contributed by atoms with E-state index in [1.165, 1.54) is 0 Å². The van der Waals surface area contributed by atoms with Crippen LogP contribution in [0.2, 0.25) is 5.02 Å². The molecule has 7 nitrogen and oxygen atoms in total. The average molecular weight is 594 g/mol. The smallest absolute Gasteiger partial charge is 0.417 e. The highest BCUT2D eigenvalue weighted by molar-refractivity contribution is 6.30. The second-order valence-electron chi connectivity index (χ2n) is 11.6. The molecule has 5 rings (SSSR count). The van der Waals surface area contributed by atoms with Crippen LogP contribution in [0.25, 0.3) is 0 Å². The number of alkyl halides is 3. The highest BCUT2D eigenvalue weighted by atomic mass is 35.5. The Hall–Kier alpha value is -2.69. The van der Waals surface area contributed by atoms with Crippen LogP contribution in [-0.4, -0.2) is 59.7 Å². The Morgan fingerprint density at radius 1 is 1.24 bits per heavy atom. The molecule has 0 spiro atoms. The van der Waals surface area contributed by atoms with E-state index in [9.17, 15) is 22.8 Å². The Kier molecular flexibility index (Phi) is 8.64. The molecule has 4 atom stereocenters. The molecule has 0 radical (unpaired) electrons. The molecule has 1 saturated carbocycles. The van der Waals surface area contributed by atoms with Crippen molar-refractivity contribution >= 4 is 23.5 Å². The molecule has 2 aliphatic heterocycles. The zero-order valence-electron chi connectivity index (χ0n) is 23.2. The molecule has 2 unspecified atom stereocenters. The van der Waals surface area contributed by atoms with E-state index >= 15 is 0 Å². The van der Waals surface area contributed by atoms with Crippen LogP contribution < -0.4 is 5.32 Å². The number of amides is 1. The van der Waals surface area contributed by atoms with Crippen molar-refractivity contribution in [3.05, 3.63) is 63.9 Å². The summed E-state index contributed by atoms with van der Waals surface area (Å²) in [6, 6.07) is 7.61. The Labute approximate surface area is 242 Å². The van der Waals surface area contributed by atoms with Gasteiger partial charge < -0.3 is 19.7 Å². The minimum absolute atomic E-state index is 0.0178. The summed E-state index contributed by atoms with van der Waals surface area (Å²) in [7, 11) is 0. The van der Waals surface area contributed by atoms with E-state index in [0.717, 1.165) is 18.7 Å². The number of aromatic nitrogens is 1. The Morgan fingerprint density at radius 3 is 2.78 bits per heavy atom. The van der Waals surface area contributed by atoms with Gasteiger partial charge in [-0.2, -0.15) is 13.2 Å². The Bertz CT molecular complexity index is 1290. The van der Waals surface area contributed by atoms with Crippen molar-refractivity contribution in [2.45, 2.75) is 76.9 Å². The van der Waals surface area contributed by atoms with E-state index in [1.807, 2.05) is 13.8 Å². The third-order valence-corrected chi connectivity index (χ3v) is 9.04. The number of fused-ring (bicyclic) bond motifs is 1. The Balaban J connectivity index is 1.26.